The number of carbonyl (C=O) groups is 2. The summed E-state index contributed by atoms with van der Waals surface area (Å²) >= 11 is 0. The second-order valence-electron chi connectivity index (χ2n) is 9.62. The van der Waals surface area contributed by atoms with Crippen LogP contribution in [0.3, 0.4) is 0 Å². The average molecular weight is 416 g/mol. The van der Waals surface area contributed by atoms with Crippen LogP contribution in [0.5, 0.6) is 0 Å². The van der Waals surface area contributed by atoms with Crippen molar-refractivity contribution >= 4 is 18.0 Å². The molecule has 3 aliphatic rings. The van der Waals surface area contributed by atoms with E-state index >= 15 is 0 Å². The number of halogens is 1. The molecule has 0 aromatic carbocycles. The monoisotopic (exact) mass is 415 g/mol. The van der Waals surface area contributed by atoms with Gasteiger partial charge in [0.05, 0.1) is 6.54 Å². The molecule has 0 spiro atoms. The second-order valence-corrected chi connectivity index (χ2v) is 9.62. The summed E-state index contributed by atoms with van der Waals surface area (Å²) in [4.78, 5) is 32.0. The van der Waals surface area contributed by atoms with Gasteiger partial charge < -0.3 is 10.2 Å². The fourth-order valence-electron chi connectivity index (χ4n) is 4.76. The zero-order valence-electron chi connectivity index (χ0n) is 18.6. The SMILES string of the molecule is CC(C)[C@@H](NC(=O)C1=CCN=CC1)C(=O)N1CCC(C2=CC=C(F)CC2)C(C)(C)C1. The predicted octanol–water partition coefficient (Wildman–Crippen LogP) is 3.98. The number of nitrogens with zero attached hydrogens (tertiary/aromatic N) is 2. The number of amides is 2. The number of dihydropyridines is 1. The van der Waals surface area contributed by atoms with Gasteiger partial charge in [0.25, 0.3) is 0 Å². The maximum absolute atomic E-state index is 13.4. The first-order valence-electron chi connectivity index (χ1n) is 11.0. The fourth-order valence-corrected chi connectivity index (χ4v) is 4.76. The number of hydrogen-bond donors (Lipinski definition) is 1. The summed E-state index contributed by atoms with van der Waals surface area (Å²) < 4.78 is 13.4. The number of nitrogens with one attached hydrogen (secondary N) is 1. The minimum atomic E-state index is -0.546. The lowest BCUT2D eigenvalue weighted by Crippen LogP contribution is -2.56. The Morgan fingerprint density at radius 1 is 1.27 bits per heavy atom. The van der Waals surface area contributed by atoms with E-state index in [0.29, 0.717) is 44.0 Å². The van der Waals surface area contributed by atoms with Gasteiger partial charge in [0.1, 0.15) is 11.9 Å². The van der Waals surface area contributed by atoms with E-state index in [1.165, 1.54) is 5.57 Å². The summed E-state index contributed by atoms with van der Waals surface area (Å²) in [6.45, 7) is 10.1. The second kappa shape index (κ2) is 9.27. The molecule has 1 saturated heterocycles. The van der Waals surface area contributed by atoms with Crippen LogP contribution in [0, 0.1) is 17.3 Å². The highest BCUT2D eigenvalue weighted by molar-refractivity contribution is 5.99. The van der Waals surface area contributed by atoms with Crippen LogP contribution < -0.4 is 5.32 Å². The first kappa shape index (κ1) is 22.4. The Morgan fingerprint density at radius 3 is 2.60 bits per heavy atom. The maximum Gasteiger partial charge on any atom is 0.247 e. The lowest BCUT2D eigenvalue weighted by Gasteiger charge is -2.46. The van der Waals surface area contributed by atoms with Crippen LogP contribution in [0.15, 0.2) is 40.2 Å². The highest BCUT2D eigenvalue weighted by Gasteiger charge is 2.41. The number of allylic oxidation sites excluding steroid dienone is 4. The van der Waals surface area contributed by atoms with Crippen molar-refractivity contribution in [2.24, 2.45) is 22.2 Å². The topological polar surface area (TPSA) is 61.8 Å². The summed E-state index contributed by atoms with van der Waals surface area (Å²) in [7, 11) is 0. The summed E-state index contributed by atoms with van der Waals surface area (Å²) in [6.07, 6.45) is 9.68. The molecule has 1 unspecified atom stereocenters. The van der Waals surface area contributed by atoms with Crippen molar-refractivity contribution in [2.45, 2.75) is 59.4 Å². The van der Waals surface area contributed by atoms with E-state index in [0.717, 1.165) is 12.8 Å². The molecule has 164 valence electrons. The highest BCUT2D eigenvalue weighted by Crippen LogP contribution is 2.42. The third-order valence-electron chi connectivity index (χ3n) is 6.51. The summed E-state index contributed by atoms with van der Waals surface area (Å²) in [5, 5.41) is 2.97. The first-order valence-corrected chi connectivity index (χ1v) is 11.0. The third kappa shape index (κ3) is 5.08. The predicted molar refractivity (Wildman–Crippen MR) is 118 cm³/mol. The van der Waals surface area contributed by atoms with Crippen molar-refractivity contribution in [1.82, 2.24) is 10.2 Å². The number of aliphatic imine (C=N–C) groups is 1. The summed E-state index contributed by atoms with van der Waals surface area (Å²) in [5.74, 6) is 0.0834. The van der Waals surface area contributed by atoms with Crippen molar-refractivity contribution in [2.75, 3.05) is 19.6 Å². The largest absolute Gasteiger partial charge is 0.340 e. The smallest absolute Gasteiger partial charge is 0.247 e. The van der Waals surface area contributed by atoms with Crippen molar-refractivity contribution in [1.29, 1.82) is 0 Å². The number of rotatable bonds is 5. The molecule has 3 rings (SSSR count). The van der Waals surface area contributed by atoms with Crippen LogP contribution in [-0.4, -0.2) is 48.6 Å². The molecular weight excluding hydrogens is 381 g/mol. The Kier molecular flexibility index (Phi) is 6.94. The molecule has 2 atom stereocenters. The van der Waals surface area contributed by atoms with Gasteiger partial charge in [0, 0.05) is 37.7 Å². The molecule has 0 aromatic heterocycles. The van der Waals surface area contributed by atoms with Crippen molar-refractivity contribution in [3.05, 3.63) is 35.2 Å². The molecule has 0 saturated carbocycles. The van der Waals surface area contributed by atoms with E-state index in [1.807, 2.05) is 30.9 Å². The Balaban J connectivity index is 1.68. The normalized spacial score (nSPS) is 24.7. The molecule has 2 aliphatic heterocycles. The van der Waals surface area contributed by atoms with Gasteiger partial charge in [-0.25, -0.2) is 4.39 Å². The molecule has 6 heteroatoms. The first-order chi connectivity index (χ1) is 14.2. The lowest BCUT2D eigenvalue weighted by molar-refractivity contribution is -0.140. The minimum absolute atomic E-state index is 0.00527. The quantitative estimate of drug-likeness (QED) is 0.738. The molecular formula is C24H34FN3O2. The van der Waals surface area contributed by atoms with E-state index in [9.17, 15) is 14.0 Å². The number of carbonyl (C=O) groups excluding carboxylic acids is 2. The fraction of sp³-hybridized carbons (Fsp3) is 0.625. The molecule has 0 aromatic rings. The van der Waals surface area contributed by atoms with Crippen LogP contribution >= 0.6 is 0 Å². The Bertz CT molecular complexity index is 807. The van der Waals surface area contributed by atoms with Crippen LogP contribution in [0.4, 0.5) is 4.39 Å². The Morgan fingerprint density at radius 2 is 2.03 bits per heavy atom. The van der Waals surface area contributed by atoms with E-state index in [1.54, 1.807) is 12.3 Å². The third-order valence-corrected chi connectivity index (χ3v) is 6.51. The highest BCUT2D eigenvalue weighted by atomic mass is 19.1. The standard InChI is InChI=1S/C24H34FN3O2/c1-16(2)21(27-22(29)18-9-12-26-13-10-18)23(30)28-14-11-20(24(3,4)15-28)17-5-7-19(25)8-6-17/h5,7,9,13,16,20-21H,6,8,10-12,14-15H2,1-4H3,(H,27,29)/t20?,21-/m1/s1. The van der Waals surface area contributed by atoms with Crippen LogP contribution in [-0.2, 0) is 9.59 Å². The summed E-state index contributed by atoms with van der Waals surface area (Å²) in [5.41, 5.74) is 1.86. The van der Waals surface area contributed by atoms with Gasteiger partial charge in [0.2, 0.25) is 11.8 Å². The minimum Gasteiger partial charge on any atom is -0.340 e. The van der Waals surface area contributed by atoms with Crippen LogP contribution in [0.1, 0.15) is 53.4 Å². The average Bonchev–Trinajstić information content (AvgIpc) is 2.72. The van der Waals surface area contributed by atoms with Gasteiger partial charge in [-0.3, -0.25) is 14.6 Å². The zero-order chi connectivity index (χ0) is 21.9. The van der Waals surface area contributed by atoms with E-state index in [-0.39, 0.29) is 29.0 Å². The van der Waals surface area contributed by atoms with Crippen molar-refractivity contribution < 1.29 is 14.0 Å². The van der Waals surface area contributed by atoms with Crippen molar-refractivity contribution in [3.63, 3.8) is 0 Å². The summed E-state index contributed by atoms with van der Waals surface area (Å²) in [6, 6.07) is -0.546. The molecule has 1 aliphatic carbocycles. The van der Waals surface area contributed by atoms with E-state index < -0.39 is 6.04 Å². The van der Waals surface area contributed by atoms with Gasteiger partial charge >= 0.3 is 0 Å². The molecule has 1 N–H and O–H groups in total. The number of likely N-dealkylation sites (tertiary alicyclic amines) is 1. The van der Waals surface area contributed by atoms with Gasteiger partial charge in [-0.1, -0.05) is 45.4 Å². The number of hydrogen-bond acceptors (Lipinski definition) is 3. The maximum atomic E-state index is 13.4. The molecule has 0 bridgehead atoms. The van der Waals surface area contributed by atoms with Gasteiger partial charge in [0.15, 0.2) is 0 Å². The van der Waals surface area contributed by atoms with Crippen molar-refractivity contribution in [3.8, 4) is 0 Å². The number of piperidine rings is 1. The zero-order valence-corrected chi connectivity index (χ0v) is 18.6. The molecule has 2 amide bonds. The molecule has 0 radical (unpaired) electrons. The van der Waals surface area contributed by atoms with Gasteiger partial charge in [-0.2, -0.15) is 0 Å². The molecule has 5 nitrogen and oxygen atoms in total. The van der Waals surface area contributed by atoms with Crippen LogP contribution in [0.2, 0.25) is 0 Å². The Labute approximate surface area is 179 Å². The van der Waals surface area contributed by atoms with E-state index in [4.69, 9.17) is 0 Å². The Hall–Kier alpha value is -2.24. The van der Waals surface area contributed by atoms with Gasteiger partial charge in [-0.05, 0) is 36.2 Å². The lowest BCUT2D eigenvalue weighted by atomic mass is 9.68. The molecule has 1 fully saturated rings. The molecule has 30 heavy (non-hydrogen) atoms. The van der Waals surface area contributed by atoms with Gasteiger partial charge in [-0.15, -0.1) is 0 Å². The molecule has 2 heterocycles. The van der Waals surface area contributed by atoms with E-state index in [2.05, 4.69) is 24.2 Å². The van der Waals surface area contributed by atoms with Crippen LogP contribution in [0.25, 0.3) is 0 Å².